The van der Waals surface area contributed by atoms with Gasteiger partial charge in [-0.15, -0.1) is 0 Å². The number of carbonyl (C=O) groups excluding carboxylic acids is 1. The number of hydrogen-bond donors (Lipinski definition) is 1. The summed E-state index contributed by atoms with van der Waals surface area (Å²) >= 11 is 0. The lowest BCUT2D eigenvalue weighted by molar-refractivity contribution is 0.0918. The SMILES string of the molecule is COc1ccc(CN(Cc2ccccc2)Cc2ccc(C(=O)NCCN(C)C)o2)cc1. The summed E-state index contributed by atoms with van der Waals surface area (Å²) in [4.78, 5) is 16.6. The minimum absolute atomic E-state index is 0.183. The standard InChI is InChI=1S/C25H31N3O3/c1-27(2)16-15-26-25(29)24-14-13-23(31-24)19-28(17-20-7-5-4-6-8-20)18-21-9-11-22(30-3)12-10-21/h4-14H,15-19H2,1-3H3,(H,26,29). The molecule has 0 aliphatic carbocycles. The van der Waals surface area contributed by atoms with E-state index in [4.69, 9.17) is 9.15 Å². The number of rotatable bonds is 11. The molecule has 164 valence electrons. The summed E-state index contributed by atoms with van der Waals surface area (Å²) in [5.74, 6) is 1.77. The first kappa shape index (κ1) is 22.6. The predicted molar refractivity (Wildman–Crippen MR) is 122 cm³/mol. The van der Waals surface area contributed by atoms with Crippen LogP contribution in [0.25, 0.3) is 0 Å². The van der Waals surface area contributed by atoms with Crippen LogP contribution in [0.15, 0.2) is 71.1 Å². The molecule has 3 aromatic rings. The smallest absolute Gasteiger partial charge is 0.287 e. The van der Waals surface area contributed by atoms with Crippen LogP contribution in [0.5, 0.6) is 5.75 Å². The number of ether oxygens (including phenoxy) is 1. The molecule has 0 bridgehead atoms. The van der Waals surface area contributed by atoms with Crippen LogP contribution in [0.1, 0.15) is 27.4 Å². The highest BCUT2D eigenvalue weighted by molar-refractivity contribution is 5.91. The maximum atomic E-state index is 12.3. The van der Waals surface area contributed by atoms with Gasteiger partial charge in [0.2, 0.25) is 0 Å². The molecule has 6 heteroatoms. The Hall–Kier alpha value is -3.09. The summed E-state index contributed by atoms with van der Waals surface area (Å²) in [6.07, 6.45) is 0. The van der Waals surface area contributed by atoms with Crippen molar-refractivity contribution in [1.82, 2.24) is 15.1 Å². The van der Waals surface area contributed by atoms with E-state index in [0.717, 1.165) is 31.1 Å². The van der Waals surface area contributed by atoms with Crippen LogP contribution in [0.3, 0.4) is 0 Å². The lowest BCUT2D eigenvalue weighted by Crippen LogP contribution is -2.31. The van der Waals surface area contributed by atoms with Gasteiger partial charge in [-0.1, -0.05) is 42.5 Å². The second-order valence-electron chi connectivity index (χ2n) is 7.80. The van der Waals surface area contributed by atoms with Crippen LogP contribution in [-0.2, 0) is 19.6 Å². The van der Waals surface area contributed by atoms with Gasteiger partial charge < -0.3 is 19.4 Å². The Morgan fingerprint density at radius 1 is 0.903 bits per heavy atom. The molecule has 1 aromatic heterocycles. The first-order chi connectivity index (χ1) is 15.0. The van der Waals surface area contributed by atoms with E-state index in [1.165, 1.54) is 11.1 Å². The van der Waals surface area contributed by atoms with Crippen molar-refractivity contribution in [1.29, 1.82) is 0 Å². The third kappa shape index (κ3) is 7.27. The van der Waals surface area contributed by atoms with Gasteiger partial charge in [0.1, 0.15) is 11.5 Å². The zero-order valence-corrected chi connectivity index (χ0v) is 18.5. The average molecular weight is 422 g/mol. The average Bonchev–Trinajstić information content (AvgIpc) is 3.23. The topological polar surface area (TPSA) is 58.0 Å². The predicted octanol–water partition coefficient (Wildman–Crippen LogP) is 3.78. The fourth-order valence-electron chi connectivity index (χ4n) is 3.28. The minimum atomic E-state index is -0.183. The molecule has 0 fully saturated rings. The van der Waals surface area contributed by atoms with Gasteiger partial charge in [0.15, 0.2) is 5.76 Å². The Morgan fingerprint density at radius 3 is 2.23 bits per heavy atom. The molecule has 31 heavy (non-hydrogen) atoms. The Balaban J connectivity index is 1.67. The number of amides is 1. The number of benzene rings is 2. The van der Waals surface area contributed by atoms with Crippen LogP contribution in [0, 0.1) is 0 Å². The summed E-state index contributed by atoms with van der Waals surface area (Å²) in [6, 6.07) is 22.1. The molecule has 0 unspecified atom stereocenters. The Labute approximate surface area is 184 Å². The Morgan fingerprint density at radius 2 is 1.58 bits per heavy atom. The first-order valence-corrected chi connectivity index (χ1v) is 10.4. The Bertz CT molecular complexity index is 936. The Kier molecular flexibility index (Phi) is 8.27. The van der Waals surface area contributed by atoms with Gasteiger partial charge in [0.25, 0.3) is 5.91 Å². The fourth-order valence-corrected chi connectivity index (χ4v) is 3.28. The summed E-state index contributed by atoms with van der Waals surface area (Å²) in [5, 5.41) is 2.89. The van der Waals surface area contributed by atoms with Gasteiger partial charge in [-0.25, -0.2) is 0 Å². The van der Waals surface area contributed by atoms with Crippen molar-refractivity contribution < 1.29 is 13.9 Å². The van der Waals surface area contributed by atoms with E-state index < -0.39 is 0 Å². The molecule has 6 nitrogen and oxygen atoms in total. The van der Waals surface area contributed by atoms with Crippen molar-refractivity contribution >= 4 is 5.91 Å². The highest BCUT2D eigenvalue weighted by Crippen LogP contribution is 2.18. The van der Waals surface area contributed by atoms with Gasteiger partial charge in [0, 0.05) is 26.2 Å². The van der Waals surface area contributed by atoms with Crippen LogP contribution >= 0.6 is 0 Å². The summed E-state index contributed by atoms with van der Waals surface area (Å²) < 4.78 is 11.1. The van der Waals surface area contributed by atoms with Crippen LogP contribution < -0.4 is 10.1 Å². The van der Waals surface area contributed by atoms with E-state index >= 15 is 0 Å². The molecular formula is C25H31N3O3. The van der Waals surface area contributed by atoms with Crippen molar-refractivity contribution in [2.24, 2.45) is 0 Å². The molecule has 1 N–H and O–H groups in total. The summed E-state index contributed by atoms with van der Waals surface area (Å²) in [7, 11) is 5.62. The fraction of sp³-hybridized carbons (Fsp3) is 0.320. The largest absolute Gasteiger partial charge is 0.497 e. The normalized spacial score (nSPS) is 11.1. The van der Waals surface area contributed by atoms with Crippen molar-refractivity contribution in [3.8, 4) is 5.75 Å². The quantitative estimate of drug-likeness (QED) is 0.511. The lowest BCUT2D eigenvalue weighted by atomic mass is 10.1. The van der Waals surface area contributed by atoms with Crippen LogP contribution in [0.4, 0.5) is 0 Å². The summed E-state index contributed by atoms with van der Waals surface area (Å²) in [5.41, 5.74) is 2.41. The van der Waals surface area contributed by atoms with E-state index in [2.05, 4.69) is 34.5 Å². The maximum Gasteiger partial charge on any atom is 0.287 e. The summed E-state index contributed by atoms with van der Waals surface area (Å²) in [6.45, 7) is 3.50. The van der Waals surface area contributed by atoms with Gasteiger partial charge in [0.05, 0.1) is 13.7 Å². The zero-order chi connectivity index (χ0) is 22.1. The van der Waals surface area contributed by atoms with Crippen molar-refractivity contribution in [3.63, 3.8) is 0 Å². The number of furan rings is 1. The third-order valence-electron chi connectivity index (χ3n) is 4.92. The monoisotopic (exact) mass is 421 g/mol. The zero-order valence-electron chi connectivity index (χ0n) is 18.5. The third-order valence-corrected chi connectivity index (χ3v) is 4.92. The van der Waals surface area contributed by atoms with E-state index in [-0.39, 0.29) is 5.91 Å². The molecule has 0 atom stereocenters. The molecule has 0 saturated carbocycles. The van der Waals surface area contributed by atoms with E-state index in [0.29, 0.717) is 18.8 Å². The highest BCUT2D eigenvalue weighted by Gasteiger charge is 2.14. The molecule has 0 saturated heterocycles. The molecule has 0 spiro atoms. The van der Waals surface area contributed by atoms with E-state index in [9.17, 15) is 4.79 Å². The first-order valence-electron chi connectivity index (χ1n) is 10.4. The highest BCUT2D eigenvalue weighted by atomic mass is 16.5. The van der Waals surface area contributed by atoms with Gasteiger partial charge in [-0.2, -0.15) is 0 Å². The van der Waals surface area contributed by atoms with Crippen molar-refractivity contribution in [2.45, 2.75) is 19.6 Å². The van der Waals surface area contributed by atoms with Crippen molar-refractivity contribution in [2.75, 3.05) is 34.3 Å². The molecule has 3 rings (SSSR count). The van der Waals surface area contributed by atoms with Crippen molar-refractivity contribution in [3.05, 3.63) is 89.4 Å². The number of likely N-dealkylation sites (N-methyl/N-ethyl adjacent to an activating group) is 1. The minimum Gasteiger partial charge on any atom is -0.497 e. The molecular weight excluding hydrogens is 390 g/mol. The van der Waals surface area contributed by atoms with E-state index in [1.54, 1.807) is 13.2 Å². The van der Waals surface area contributed by atoms with Crippen LogP contribution in [-0.4, -0.2) is 50.0 Å². The number of nitrogens with zero attached hydrogens (tertiary/aromatic N) is 2. The number of carbonyl (C=O) groups is 1. The van der Waals surface area contributed by atoms with E-state index in [1.807, 2.05) is 55.4 Å². The molecule has 0 aliphatic heterocycles. The van der Waals surface area contributed by atoms with Crippen LogP contribution in [0.2, 0.25) is 0 Å². The molecule has 1 heterocycles. The number of methoxy groups -OCH3 is 1. The second-order valence-corrected chi connectivity index (χ2v) is 7.80. The molecule has 2 aromatic carbocycles. The molecule has 1 amide bonds. The number of hydrogen-bond acceptors (Lipinski definition) is 5. The van der Waals surface area contributed by atoms with Gasteiger partial charge >= 0.3 is 0 Å². The maximum absolute atomic E-state index is 12.3. The number of nitrogens with one attached hydrogen (secondary N) is 1. The molecule has 0 aliphatic rings. The second kappa shape index (κ2) is 11.3. The lowest BCUT2D eigenvalue weighted by Gasteiger charge is -2.21. The molecule has 0 radical (unpaired) electrons. The van der Waals surface area contributed by atoms with Gasteiger partial charge in [-0.3, -0.25) is 9.69 Å². The van der Waals surface area contributed by atoms with Gasteiger partial charge in [-0.05, 0) is 49.5 Å².